The van der Waals surface area contributed by atoms with E-state index >= 15 is 0 Å². The summed E-state index contributed by atoms with van der Waals surface area (Å²) >= 11 is 0. The minimum absolute atomic E-state index is 0.202. The van der Waals surface area contributed by atoms with Gasteiger partial charge in [0.25, 0.3) is 0 Å². The maximum Gasteiger partial charge on any atom is 0.240 e. The topological polar surface area (TPSA) is 48.0 Å². The summed E-state index contributed by atoms with van der Waals surface area (Å²) in [6.45, 7) is 2.11. The van der Waals surface area contributed by atoms with E-state index in [0.717, 1.165) is 25.7 Å². The molecule has 1 amide bonds. The summed E-state index contributed by atoms with van der Waals surface area (Å²) in [7, 11) is 0. The van der Waals surface area contributed by atoms with Gasteiger partial charge >= 0.3 is 0 Å². The minimum atomic E-state index is -0.207. The van der Waals surface area contributed by atoms with Gasteiger partial charge in [-0.2, -0.15) is 0 Å². The molecule has 1 heterocycles. The monoisotopic (exact) mass is 270 g/mol. The van der Waals surface area contributed by atoms with Gasteiger partial charge in [0.05, 0.1) is 0 Å². The van der Waals surface area contributed by atoms with Crippen LogP contribution in [0.2, 0.25) is 0 Å². The van der Waals surface area contributed by atoms with Crippen molar-refractivity contribution in [2.75, 3.05) is 0 Å². The van der Waals surface area contributed by atoms with E-state index in [0.29, 0.717) is 0 Å². The Morgan fingerprint density at radius 1 is 1.30 bits per heavy atom. The van der Waals surface area contributed by atoms with Crippen molar-refractivity contribution in [2.45, 2.75) is 51.5 Å². The van der Waals surface area contributed by atoms with Gasteiger partial charge in [-0.05, 0) is 43.7 Å². The van der Waals surface area contributed by atoms with Crippen molar-refractivity contribution in [3.05, 3.63) is 35.5 Å². The first-order valence-corrected chi connectivity index (χ1v) is 7.64. The molecule has 3 heteroatoms. The standard InChI is InChI=1S/C17H22N2O/c1-2-7-16(17(18)20)19-14-10-5-3-8-12(14)13-9-4-6-11-15(13)19/h3,5,8,10,16H,2,4,6-7,9,11H2,1H3,(H2,18,20). The van der Waals surface area contributed by atoms with Crippen LogP contribution in [0.3, 0.4) is 0 Å². The maximum atomic E-state index is 11.9. The largest absolute Gasteiger partial charge is 0.368 e. The summed E-state index contributed by atoms with van der Waals surface area (Å²) in [6.07, 6.45) is 6.43. The first-order valence-electron chi connectivity index (χ1n) is 7.64. The van der Waals surface area contributed by atoms with Gasteiger partial charge < -0.3 is 10.3 Å². The third kappa shape index (κ3) is 2.01. The highest BCUT2D eigenvalue weighted by Crippen LogP contribution is 2.35. The van der Waals surface area contributed by atoms with Crippen LogP contribution in [0.1, 0.15) is 49.9 Å². The van der Waals surface area contributed by atoms with Gasteiger partial charge in [0.2, 0.25) is 5.91 Å². The van der Waals surface area contributed by atoms with Crippen LogP contribution in [-0.4, -0.2) is 10.5 Å². The molecule has 0 aliphatic heterocycles. The molecular weight excluding hydrogens is 248 g/mol. The second-order valence-electron chi connectivity index (χ2n) is 5.73. The number of para-hydroxylation sites is 1. The normalized spacial score (nSPS) is 16.1. The fraction of sp³-hybridized carbons (Fsp3) is 0.471. The smallest absolute Gasteiger partial charge is 0.240 e. The third-order valence-electron chi connectivity index (χ3n) is 4.42. The van der Waals surface area contributed by atoms with Crippen LogP contribution in [0.5, 0.6) is 0 Å². The highest BCUT2D eigenvalue weighted by molar-refractivity contribution is 5.89. The Morgan fingerprint density at radius 2 is 2.05 bits per heavy atom. The summed E-state index contributed by atoms with van der Waals surface area (Å²) in [6, 6.07) is 8.24. The van der Waals surface area contributed by atoms with Gasteiger partial charge in [0.1, 0.15) is 6.04 Å². The second-order valence-corrected chi connectivity index (χ2v) is 5.73. The molecule has 1 atom stereocenters. The number of carbonyl (C=O) groups is 1. The number of carbonyl (C=O) groups excluding carboxylic acids is 1. The van der Waals surface area contributed by atoms with Crippen molar-refractivity contribution in [1.82, 2.24) is 4.57 Å². The number of aromatic nitrogens is 1. The quantitative estimate of drug-likeness (QED) is 0.910. The number of hydrogen-bond donors (Lipinski definition) is 1. The Hall–Kier alpha value is -1.77. The number of fused-ring (bicyclic) bond motifs is 3. The first-order chi connectivity index (χ1) is 9.74. The third-order valence-corrected chi connectivity index (χ3v) is 4.42. The summed E-state index contributed by atoms with van der Waals surface area (Å²) < 4.78 is 2.23. The van der Waals surface area contributed by atoms with Crippen LogP contribution in [-0.2, 0) is 17.6 Å². The van der Waals surface area contributed by atoms with Gasteiger partial charge in [-0.15, -0.1) is 0 Å². The Bertz CT molecular complexity index is 642. The summed E-state index contributed by atoms with van der Waals surface area (Å²) in [5.74, 6) is -0.207. The molecule has 0 fully saturated rings. The molecule has 0 radical (unpaired) electrons. The van der Waals surface area contributed by atoms with Gasteiger partial charge in [-0.1, -0.05) is 31.5 Å². The van der Waals surface area contributed by atoms with E-state index in [2.05, 4.69) is 29.7 Å². The number of amides is 1. The zero-order valence-electron chi connectivity index (χ0n) is 12.1. The molecule has 3 rings (SSSR count). The zero-order chi connectivity index (χ0) is 14.1. The number of nitrogens with zero attached hydrogens (tertiary/aromatic N) is 1. The number of benzene rings is 1. The fourth-order valence-electron chi connectivity index (χ4n) is 3.56. The first kappa shape index (κ1) is 13.2. The van der Waals surface area contributed by atoms with Gasteiger partial charge in [0.15, 0.2) is 0 Å². The Labute approximate surface area is 119 Å². The number of rotatable bonds is 4. The van der Waals surface area contributed by atoms with Crippen molar-refractivity contribution in [3.8, 4) is 0 Å². The lowest BCUT2D eigenvalue weighted by atomic mass is 9.95. The number of hydrogen-bond acceptors (Lipinski definition) is 1. The molecule has 1 aliphatic carbocycles. The molecule has 1 aromatic carbocycles. The Kier molecular flexibility index (Phi) is 3.51. The summed E-state index contributed by atoms with van der Waals surface area (Å²) in [4.78, 5) is 11.9. The minimum Gasteiger partial charge on any atom is -0.368 e. The number of aryl methyl sites for hydroxylation is 1. The van der Waals surface area contributed by atoms with Crippen LogP contribution in [0, 0.1) is 0 Å². The predicted octanol–water partition coefficient (Wildman–Crippen LogP) is 3.35. The molecule has 2 aromatic rings. The van der Waals surface area contributed by atoms with Crippen molar-refractivity contribution in [3.63, 3.8) is 0 Å². The lowest BCUT2D eigenvalue weighted by Gasteiger charge is -2.22. The molecule has 3 nitrogen and oxygen atoms in total. The molecule has 2 N–H and O–H groups in total. The predicted molar refractivity (Wildman–Crippen MR) is 81.7 cm³/mol. The van der Waals surface area contributed by atoms with E-state index in [4.69, 9.17) is 5.73 Å². The van der Waals surface area contributed by atoms with Crippen LogP contribution >= 0.6 is 0 Å². The van der Waals surface area contributed by atoms with E-state index in [1.165, 1.54) is 35.0 Å². The summed E-state index contributed by atoms with van der Waals surface area (Å²) in [5, 5.41) is 1.31. The van der Waals surface area contributed by atoms with Gasteiger partial charge in [-0.25, -0.2) is 0 Å². The molecule has 0 spiro atoms. The van der Waals surface area contributed by atoms with Crippen molar-refractivity contribution >= 4 is 16.8 Å². The molecule has 1 aliphatic rings. The lowest BCUT2D eigenvalue weighted by molar-refractivity contribution is -0.121. The average Bonchev–Trinajstić information content (AvgIpc) is 2.79. The van der Waals surface area contributed by atoms with Gasteiger partial charge in [-0.3, -0.25) is 4.79 Å². The fourth-order valence-corrected chi connectivity index (χ4v) is 3.56. The summed E-state index contributed by atoms with van der Waals surface area (Å²) in [5.41, 5.74) is 9.64. The Balaban J connectivity index is 2.25. The van der Waals surface area contributed by atoms with Crippen molar-refractivity contribution in [1.29, 1.82) is 0 Å². The molecule has 106 valence electrons. The molecule has 0 saturated heterocycles. The number of primary amides is 1. The van der Waals surface area contributed by atoms with Crippen LogP contribution < -0.4 is 5.73 Å². The lowest BCUT2D eigenvalue weighted by Crippen LogP contribution is -2.28. The number of nitrogens with two attached hydrogens (primary N) is 1. The van der Waals surface area contributed by atoms with E-state index in [1.807, 2.05) is 6.07 Å². The Morgan fingerprint density at radius 3 is 2.80 bits per heavy atom. The molecule has 1 unspecified atom stereocenters. The second kappa shape index (κ2) is 5.31. The maximum absolute atomic E-state index is 11.9. The van der Waals surface area contributed by atoms with Crippen molar-refractivity contribution < 1.29 is 4.79 Å². The van der Waals surface area contributed by atoms with Crippen molar-refractivity contribution in [2.24, 2.45) is 5.73 Å². The van der Waals surface area contributed by atoms with Crippen LogP contribution in [0.25, 0.3) is 10.9 Å². The van der Waals surface area contributed by atoms with E-state index < -0.39 is 0 Å². The highest BCUT2D eigenvalue weighted by atomic mass is 16.1. The average molecular weight is 270 g/mol. The highest BCUT2D eigenvalue weighted by Gasteiger charge is 2.26. The van der Waals surface area contributed by atoms with E-state index in [1.54, 1.807) is 0 Å². The van der Waals surface area contributed by atoms with Crippen LogP contribution in [0.4, 0.5) is 0 Å². The van der Waals surface area contributed by atoms with E-state index in [9.17, 15) is 4.79 Å². The molecule has 20 heavy (non-hydrogen) atoms. The molecule has 1 aromatic heterocycles. The van der Waals surface area contributed by atoms with E-state index in [-0.39, 0.29) is 11.9 Å². The van der Waals surface area contributed by atoms with Crippen LogP contribution in [0.15, 0.2) is 24.3 Å². The SMILES string of the molecule is CCCC(C(N)=O)n1c2c(c3ccccc31)CCCC2. The molecule has 0 bridgehead atoms. The molecule has 0 saturated carbocycles. The zero-order valence-corrected chi connectivity index (χ0v) is 12.1. The van der Waals surface area contributed by atoms with Gasteiger partial charge in [0, 0.05) is 16.6 Å². The molecular formula is C17H22N2O.